The molecule has 0 spiro atoms. The summed E-state index contributed by atoms with van der Waals surface area (Å²) in [6.45, 7) is 7.61. The molecule has 0 fully saturated rings. The average Bonchev–Trinajstić information content (AvgIpc) is 2.80. The summed E-state index contributed by atoms with van der Waals surface area (Å²) < 4.78 is 5.81. The van der Waals surface area contributed by atoms with Gasteiger partial charge < -0.3 is 10.1 Å². The van der Waals surface area contributed by atoms with Gasteiger partial charge in [0.2, 0.25) is 0 Å². The van der Waals surface area contributed by atoms with Crippen molar-refractivity contribution in [3.8, 4) is 0 Å². The lowest BCUT2D eigenvalue weighted by Gasteiger charge is -2.04. The summed E-state index contributed by atoms with van der Waals surface area (Å²) in [5.41, 5.74) is 2.40. The Hall–Kier alpha value is -0.870. The van der Waals surface area contributed by atoms with Gasteiger partial charge in [0.15, 0.2) is 0 Å². The zero-order chi connectivity index (χ0) is 15.1. The highest BCUT2D eigenvalue weighted by Crippen LogP contribution is 2.23. The standard InChI is InChI=1S/C17H22ClNOS/c1-3-7-19-10-17-9-15(13(2)21-17)12-20-11-14-5-4-6-16(18)8-14/h4-6,8-9,19H,3,7,10-12H2,1-2H3. The lowest BCUT2D eigenvalue weighted by atomic mass is 10.2. The molecule has 0 aliphatic heterocycles. The largest absolute Gasteiger partial charge is 0.372 e. The first kappa shape index (κ1) is 16.5. The van der Waals surface area contributed by atoms with Gasteiger partial charge in [-0.1, -0.05) is 30.7 Å². The number of aryl methyl sites for hydroxylation is 1. The van der Waals surface area contributed by atoms with E-state index in [9.17, 15) is 0 Å². The predicted molar refractivity (Wildman–Crippen MR) is 91.0 cm³/mol. The molecule has 1 aromatic heterocycles. The Morgan fingerprint density at radius 2 is 2.10 bits per heavy atom. The third-order valence-electron chi connectivity index (χ3n) is 3.21. The summed E-state index contributed by atoms with van der Waals surface area (Å²) in [6.07, 6.45) is 1.17. The monoisotopic (exact) mass is 323 g/mol. The van der Waals surface area contributed by atoms with Crippen LogP contribution in [-0.4, -0.2) is 6.54 Å². The van der Waals surface area contributed by atoms with Crippen molar-refractivity contribution >= 4 is 22.9 Å². The molecule has 2 nitrogen and oxygen atoms in total. The molecule has 1 N–H and O–H groups in total. The van der Waals surface area contributed by atoms with Crippen molar-refractivity contribution in [2.24, 2.45) is 0 Å². The van der Waals surface area contributed by atoms with E-state index in [-0.39, 0.29) is 0 Å². The molecule has 2 rings (SSSR count). The Morgan fingerprint density at radius 1 is 1.24 bits per heavy atom. The van der Waals surface area contributed by atoms with Gasteiger partial charge in [-0.15, -0.1) is 11.3 Å². The van der Waals surface area contributed by atoms with Crippen molar-refractivity contribution in [1.82, 2.24) is 5.32 Å². The summed E-state index contributed by atoms with van der Waals surface area (Å²) in [5.74, 6) is 0. The van der Waals surface area contributed by atoms with Gasteiger partial charge in [-0.2, -0.15) is 0 Å². The number of thiophene rings is 1. The van der Waals surface area contributed by atoms with E-state index < -0.39 is 0 Å². The van der Waals surface area contributed by atoms with Crippen LogP contribution in [0.3, 0.4) is 0 Å². The smallest absolute Gasteiger partial charge is 0.0732 e. The maximum Gasteiger partial charge on any atom is 0.0732 e. The van der Waals surface area contributed by atoms with Gasteiger partial charge in [-0.25, -0.2) is 0 Å². The molecule has 0 aliphatic rings. The Morgan fingerprint density at radius 3 is 2.86 bits per heavy atom. The minimum absolute atomic E-state index is 0.596. The van der Waals surface area contributed by atoms with E-state index in [1.54, 1.807) is 0 Å². The van der Waals surface area contributed by atoms with Gasteiger partial charge >= 0.3 is 0 Å². The van der Waals surface area contributed by atoms with Crippen LogP contribution in [0.15, 0.2) is 30.3 Å². The van der Waals surface area contributed by atoms with Crippen LogP contribution in [0.25, 0.3) is 0 Å². The summed E-state index contributed by atoms with van der Waals surface area (Å²) in [6, 6.07) is 10.1. The molecule has 0 saturated carbocycles. The van der Waals surface area contributed by atoms with Crippen LogP contribution in [0.2, 0.25) is 5.02 Å². The fraction of sp³-hybridized carbons (Fsp3) is 0.412. The van der Waals surface area contributed by atoms with E-state index in [0.717, 1.165) is 23.7 Å². The van der Waals surface area contributed by atoms with Gasteiger partial charge in [0.1, 0.15) is 0 Å². The van der Waals surface area contributed by atoms with Crippen LogP contribution < -0.4 is 5.32 Å². The van der Waals surface area contributed by atoms with Crippen molar-refractivity contribution < 1.29 is 4.74 Å². The highest BCUT2D eigenvalue weighted by atomic mass is 35.5. The molecule has 0 bridgehead atoms. The molecule has 21 heavy (non-hydrogen) atoms. The second-order valence-electron chi connectivity index (χ2n) is 5.09. The van der Waals surface area contributed by atoms with Gasteiger partial charge in [0.05, 0.1) is 13.2 Å². The third-order valence-corrected chi connectivity index (χ3v) is 4.54. The van der Waals surface area contributed by atoms with Gasteiger partial charge in [-0.05, 0) is 49.2 Å². The van der Waals surface area contributed by atoms with Gasteiger partial charge in [-0.3, -0.25) is 0 Å². The molecule has 1 aromatic carbocycles. The first-order chi connectivity index (χ1) is 10.2. The second kappa shape index (κ2) is 8.54. The molecule has 0 aliphatic carbocycles. The van der Waals surface area contributed by atoms with Crippen LogP contribution in [-0.2, 0) is 24.5 Å². The van der Waals surface area contributed by atoms with E-state index in [1.807, 2.05) is 35.6 Å². The summed E-state index contributed by atoms with van der Waals surface area (Å²) in [5, 5.41) is 4.19. The molecule has 0 amide bonds. The Balaban J connectivity index is 1.82. The van der Waals surface area contributed by atoms with Crippen LogP contribution in [0.1, 0.15) is 34.2 Å². The van der Waals surface area contributed by atoms with Gasteiger partial charge in [0.25, 0.3) is 0 Å². The lowest BCUT2D eigenvalue weighted by Crippen LogP contribution is -2.12. The lowest BCUT2D eigenvalue weighted by molar-refractivity contribution is 0.107. The molecule has 114 valence electrons. The molecule has 1 heterocycles. The van der Waals surface area contributed by atoms with Crippen LogP contribution in [0.4, 0.5) is 0 Å². The quantitative estimate of drug-likeness (QED) is 0.696. The van der Waals surface area contributed by atoms with E-state index in [4.69, 9.17) is 16.3 Å². The van der Waals surface area contributed by atoms with E-state index in [1.165, 1.54) is 21.7 Å². The average molecular weight is 324 g/mol. The normalized spacial score (nSPS) is 11.0. The minimum atomic E-state index is 0.596. The molecule has 0 unspecified atom stereocenters. The van der Waals surface area contributed by atoms with Crippen molar-refractivity contribution in [3.05, 3.63) is 56.2 Å². The zero-order valence-corrected chi connectivity index (χ0v) is 14.2. The zero-order valence-electron chi connectivity index (χ0n) is 12.6. The van der Waals surface area contributed by atoms with E-state index in [0.29, 0.717) is 13.2 Å². The fourth-order valence-electron chi connectivity index (χ4n) is 2.11. The molecular weight excluding hydrogens is 302 g/mol. The van der Waals surface area contributed by atoms with E-state index >= 15 is 0 Å². The molecule has 0 atom stereocenters. The van der Waals surface area contributed by atoms with Crippen LogP contribution >= 0.6 is 22.9 Å². The number of rotatable bonds is 8. The minimum Gasteiger partial charge on any atom is -0.372 e. The number of halogens is 1. The first-order valence-electron chi connectivity index (χ1n) is 7.30. The molecule has 0 saturated heterocycles. The van der Waals surface area contributed by atoms with Crippen molar-refractivity contribution in [2.45, 2.75) is 40.0 Å². The first-order valence-corrected chi connectivity index (χ1v) is 8.49. The maximum atomic E-state index is 5.97. The number of ether oxygens (including phenoxy) is 1. The Kier molecular flexibility index (Phi) is 6.71. The molecule has 0 radical (unpaired) electrons. The predicted octanol–water partition coefficient (Wildman–Crippen LogP) is 4.93. The third kappa shape index (κ3) is 5.44. The summed E-state index contributed by atoms with van der Waals surface area (Å²) >= 11 is 7.82. The van der Waals surface area contributed by atoms with Crippen molar-refractivity contribution in [3.63, 3.8) is 0 Å². The highest BCUT2D eigenvalue weighted by molar-refractivity contribution is 7.12. The van der Waals surface area contributed by atoms with Crippen LogP contribution in [0.5, 0.6) is 0 Å². The molecule has 2 aromatic rings. The Labute approximate surface area is 136 Å². The number of nitrogens with one attached hydrogen (secondary N) is 1. The number of benzene rings is 1. The van der Waals surface area contributed by atoms with E-state index in [2.05, 4.69) is 25.2 Å². The molecule has 4 heteroatoms. The molecular formula is C17H22ClNOS. The highest BCUT2D eigenvalue weighted by Gasteiger charge is 2.06. The summed E-state index contributed by atoms with van der Waals surface area (Å²) in [4.78, 5) is 2.72. The maximum absolute atomic E-state index is 5.97. The Bertz CT molecular complexity index is 568. The fourth-order valence-corrected chi connectivity index (χ4v) is 3.34. The topological polar surface area (TPSA) is 21.3 Å². The van der Waals surface area contributed by atoms with Crippen molar-refractivity contribution in [1.29, 1.82) is 0 Å². The summed E-state index contributed by atoms with van der Waals surface area (Å²) in [7, 11) is 0. The van der Waals surface area contributed by atoms with Gasteiger partial charge in [0, 0.05) is 21.3 Å². The number of hydrogen-bond acceptors (Lipinski definition) is 3. The SMILES string of the molecule is CCCNCc1cc(COCc2cccc(Cl)c2)c(C)s1. The number of hydrogen-bond donors (Lipinski definition) is 1. The van der Waals surface area contributed by atoms with Crippen molar-refractivity contribution in [2.75, 3.05) is 6.54 Å². The van der Waals surface area contributed by atoms with Crippen LogP contribution in [0, 0.1) is 6.92 Å². The second-order valence-corrected chi connectivity index (χ2v) is 6.87.